The van der Waals surface area contributed by atoms with Crippen molar-refractivity contribution in [1.82, 2.24) is 5.32 Å². The van der Waals surface area contributed by atoms with Gasteiger partial charge < -0.3 is 10.1 Å². The molecule has 2 fully saturated rings. The summed E-state index contributed by atoms with van der Waals surface area (Å²) in [5, 5.41) is 12.0. The van der Waals surface area contributed by atoms with Crippen molar-refractivity contribution in [2.45, 2.75) is 70.7 Å². The van der Waals surface area contributed by atoms with E-state index in [2.05, 4.69) is 17.2 Å². The van der Waals surface area contributed by atoms with Crippen molar-refractivity contribution in [2.24, 2.45) is 16.8 Å². The first-order chi connectivity index (χ1) is 16.2. The lowest BCUT2D eigenvalue weighted by atomic mass is 10.0. The van der Waals surface area contributed by atoms with Crippen LogP contribution in [0.4, 0.5) is 13.2 Å². The molecule has 0 radical (unpaired) electrons. The predicted molar refractivity (Wildman–Crippen MR) is 124 cm³/mol. The number of fused-ring (bicyclic) bond motifs is 1. The van der Waals surface area contributed by atoms with Crippen molar-refractivity contribution in [3.63, 3.8) is 0 Å². The molecule has 0 aromatic heterocycles. The first kappa shape index (κ1) is 25.5. The number of alkyl halides is 3. The summed E-state index contributed by atoms with van der Waals surface area (Å²) in [5.41, 5.74) is -1.01. The van der Waals surface area contributed by atoms with E-state index in [0.29, 0.717) is 17.5 Å². The van der Waals surface area contributed by atoms with Crippen molar-refractivity contribution in [3.05, 3.63) is 53.3 Å². The third-order valence-electron chi connectivity index (χ3n) is 6.42. The zero-order chi connectivity index (χ0) is 24.7. The summed E-state index contributed by atoms with van der Waals surface area (Å²) < 4.78 is 45.5. The van der Waals surface area contributed by atoms with Crippen molar-refractivity contribution in [3.8, 4) is 11.8 Å². The summed E-state index contributed by atoms with van der Waals surface area (Å²) in [5.74, 6) is 0.637. The van der Waals surface area contributed by atoms with Crippen LogP contribution in [0.2, 0.25) is 0 Å². The van der Waals surface area contributed by atoms with Gasteiger partial charge in [-0.2, -0.15) is 18.4 Å². The zero-order valence-electron chi connectivity index (χ0n) is 19.4. The number of nitrogens with zero attached hydrogens (tertiary/aromatic N) is 2. The van der Waals surface area contributed by atoms with Crippen LogP contribution < -0.4 is 10.1 Å². The number of hydrogen-bond donors (Lipinski definition) is 1. The lowest BCUT2D eigenvalue weighted by Gasteiger charge is -2.19. The molecule has 1 N–H and O–H groups in total. The SMILES string of the molecule is C\C=C(/N=C\C=C/CCC)C(=O)NC1CC2CC(Oc3ccc(C#N)c(C(F)(F)F)c3)CC2C1. The van der Waals surface area contributed by atoms with Crippen molar-refractivity contribution in [2.75, 3.05) is 0 Å². The molecule has 2 saturated carbocycles. The van der Waals surface area contributed by atoms with Gasteiger partial charge in [0.15, 0.2) is 0 Å². The molecular formula is C26H30F3N3O2. The topological polar surface area (TPSA) is 74.5 Å². The second-order valence-electron chi connectivity index (χ2n) is 8.86. The van der Waals surface area contributed by atoms with Crippen molar-refractivity contribution >= 4 is 12.1 Å². The standard InChI is InChI=1S/C26H30F3N3O2/c1-3-5-6-7-10-31-24(4-2)25(33)32-20-11-18-13-22(14-19(18)12-20)34-21-9-8-17(16-30)23(15-21)26(27,28)29/h4,6-10,15,18-20,22H,3,5,11-14H2,1-2H3,(H,32,33)/b7-6-,24-4-,31-10-. The maximum Gasteiger partial charge on any atom is 0.417 e. The molecule has 1 aromatic rings. The molecule has 34 heavy (non-hydrogen) atoms. The summed E-state index contributed by atoms with van der Waals surface area (Å²) in [6.07, 6.45) is 7.49. The Kier molecular flexibility index (Phi) is 8.54. The number of ether oxygens (including phenoxy) is 1. The number of allylic oxidation sites excluding steroid dienone is 3. The largest absolute Gasteiger partial charge is 0.490 e. The highest BCUT2D eigenvalue weighted by molar-refractivity contribution is 5.95. The summed E-state index contributed by atoms with van der Waals surface area (Å²) in [6.45, 7) is 3.87. The monoisotopic (exact) mass is 473 g/mol. The van der Waals surface area contributed by atoms with Gasteiger partial charge in [-0.25, -0.2) is 0 Å². The number of rotatable bonds is 8. The minimum atomic E-state index is -4.61. The number of carbonyl (C=O) groups excluding carboxylic acids is 1. The number of unbranched alkanes of at least 4 members (excludes halogenated alkanes) is 1. The summed E-state index contributed by atoms with van der Waals surface area (Å²) in [7, 11) is 0. The fourth-order valence-electron chi connectivity index (χ4n) is 4.87. The number of nitrogens with one attached hydrogen (secondary N) is 1. The van der Waals surface area contributed by atoms with E-state index in [1.54, 1.807) is 25.3 Å². The Bertz CT molecular complexity index is 994. The number of benzene rings is 1. The lowest BCUT2D eigenvalue weighted by Crippen LogP contribution is -2.34. The molecule has 8 heteroatoms. The Morgan fingerprint density at radius 1 is 1.26 bits per heavy atom. The van der Waals surface area contributed by atoms with Crippen LogP contribution >= 0.6 is 0 Å². The van der Waals surface area contributed by atoms with E-state index in [9.17, 15) is 18.0 Å². The molecule has 2 atom stereocenters. The first-order valence-corrected chi connectivity index (χ1v) is 11.7. The Morgan fingerprint density at radius 3 is 2.56 bits per heavy atom. The lowest BCUT2D eigenvalue weighted by molar-refractivity contribution is -0.138. The van der Waals surface area contributed by atoms with Crippen LogP contribution in [0.25, 0.3) is 0 Å². The van der Waals surface area contributed by atoms with E-state index >= 15 is 0 Å². The number of nitriles is 1. The summed E-state index contributed by atoms with van der Waals surface area (Å²) >= 11 is 0. The number of aliphatic imine (C=N–C) groups is 1. The number of hydrogen-bond acceptors (Lipinski definition) is 4. The molecule has 182 valence electrons. The van der Waals surface area contributed by atoms with Gasteiger partial charge in [0.2, 0.25) is 0 Å². The number of halogens is 3. The second kappa shape index (κ2) is 11.4. The molecular weight excluding hydrogens is 443 g/mol. The number of carbonyl (C=O) groups is 1. The molecule has 2 aliphatic carbocycles. The van der Waals surface area contributed by atoms with Crippen LogP contribution in [0.15, 0.2) is 47.1 Å². The molecule has 2 aliphatic rings. The van der Waals surface area contributed by atoms with Gasteiger partial charge in [-0.05, 0) is 75.1 Å². The molecule has 3 rings (SSSR count). The van der Waals surface area contributed by atoms with Crippen LogP contribution in [0.1, 0.15) is 63.5 Å². The number of amides is 1. The quantitative estimate of drug-likeness (QED) is 0.374. The average Bonchev–Trinajstić information content (AvgIpc) is 3.33. The Balaban J connectivity index is 1.52. The van der Waals surface area contributed by atoms with Crippen LogP contribution in [0.3, 0.4) is 0 Å². The summed E-state index contributed by atoms with van der Waals surface area (Å²) in [4.78, 5) is 16.8. The molecule has 5 nitrogen and oxygen atoms in total. The molecule has 0 spiro atoms. The molecule has 2 unspecified atom stereocenters. The molecule has 0 bridgehead atoms. The van der Waals surface area contributed by atoms with E-state index in [1.165, 1.54) is 6.07 Å². The fourth-order valence-corrected chi connectivity index (χ4v) is 4.87. The van der Waals surface area contributed by atoms with Gasteiger partial charge in [-0.1, -0.05) is 25.5 Å². The zero-order valence-corrected chi connectivity index (χ0v) is 19.4. The third-order valence-corrected chi connectivity index (χ3v) is 6.42. The van der Waals surface area contributed by atoms with Gasteiger partial charge in [0.1, 0.15) is 11.4 Å². The van der Waals surface area contributed by atoms with Gasteiger partial charge in [-0.3, -0.25) is 9.79 Å². The Hall–Kier alpha value is -3.08. The molecule has 0 aliphatic heterocycles. The van der Waals surface area contributed by atoms with E-state index in [4.69, 9.17) is 10.00 Å². The van der Waals surface area contributed by atoms with Gasteiger partial charge in [0, 0.05) is 12.3 Å². The average molecular weight is 474 g/mol. The van der Waals surface area contributed by atoms with Crippen LogP contribution in [0.5, 0.6) is 5.75 Å². The predicted octanol–water partition coefficient (Wildman–Crippen LogP) is 5.96. The van der Waals surface area contributed by atoms with Gasteiger partial charge in [0.25, 0.3) is 5.91 Å². The Morgan fingerprint density at radius 2 is 1.97 bits per heavy atom. The van der Waals surface area contributed by atoms with E-state index in [0.717, 1.165) is 50.7 Å². The molecule has 0 saturated heterocycles. The molecule has 1 aromatic carbocycles. The van der Waals surface area contributed by atoms with Crippen molar-refractivity contribution < 1.29 is 22.7 Å². The first-order valence-electron chi connectivity index (χ1n) is 11.7. The van der Waals surface area contributed by atoms with Gasteiger partial charge in [-0.15, -0.1) is 0 Å². The molecule has 1 amide bonds. The minimum Gasteiger partial charge on any atom is -0.490 e. The van der Waals surface area contributed by atoms with Crippen LogP contribution in [-0.2, 0) is 11.0 Å². The van der Waals surface area contributed by atoms with Crippen LogP contribution in [0, 0.1) is 23.2 Å². The smallest absolute Gasteiger partial charge is 0.417 e. The highest BCUT2D eigenvalue weighted by Gasteiger charge is 2.43. The highest BCUT2D eigenvalue weighted by Crippen LogP contribution is 2.45. The third kappa shape index (κ3) is 6.49. The maximum atomic E-state index is 13.2. The maximum absolute atomic E-state index is 13.2. The van der Waals surface area contributed by atoms with E-state index < -0.39 is 17.3 Å². The minimum absolute atomic E-state index is 0.0518. The van der Waals surface area contributed by atoms with E-state index in [1.807, 2.05) is 12.2 Å². The molecule has 0 heterocycles. The van der Waals surface area contributed by atoms with Crippen LogP contribution in [-0.4, -0.2) is 24.3 Å². The fraction of sp³-hybridized carbons (Fsp3) is 0.500. The highest BCUT2D eigenvalue weighted by atomic mass is 19.4. The normalized spacial score (nSPS) is 25.0. The summed E-state index contributed by atoms with van der Waals surface area (Å²) in [6, 6.07) is 5.11. The van der Waals surface area contributed by atoms with E-state index in [-0.39, 0.29) is 23.8 Å². The van der Waals surface area contributed by atoms with Gasteiger partial charge in [0.05, 0.1) is 23.3 Å². The Labute approximate surface area is 198 Å². The van der Waals surface area contributed by atoms with Gasteiger partial charge >= 0.3 is 6.18 Å². The second-order valence-corrected chi connectivity index (χ2v) is 8.86. The van der Waals surface area contributed by atoms with Crippen molar-refractivity contribution in [1.29, 1.82) is 5.26 Å².